The summed E-state index contributed by atoms with van der Waals surface area (Å²) >= 11 is 1.62. The van der Waals surface area contributed by atoms with Gasteiger partial charge < -0.3 is 23.5 Å². The van der Waals surface area contributed by atoms with Crippen LogP contribution in [-0.4, -0.2) is 38.1 Å². The maximum atomic E-state index is 5.93. The van der Waals surface area contributed by atoms with Crippen LogP contribution in [0.1, 0.15) is 19.8 Å². The summed E-state index contributed by atoms with van der Waals surface area (Å²) < 4.78 is 24.7. The number of aromatic nitrogens is 1. The van der Waals surface area contributed by atoms with Crippen LogP contribution >= 0.6 is 11.3 Å². The molecule has 0 amide bonds. The Labute approximate surface area is 186 Å². The molecule has 31 heavy (non-hydrogen) atoms. The first kappa shape index (κ1) is 21.5. The van der Waals surface area contributed by atoms with Crippen molar-refractivity contribution in [3.8, 4) is 28.5 Å². The fraction of sp³-hybridized carbons (Fsp3) is 0.375. The number of thiazole rings is 1. The number of methoxy groups -OCH3 is 2. The molecule has 3 aromatic rings. The molecule has 0 bridgehead atoms. The van der Waals surface area contributed by atoms with Gasteiger partial charge in [-0.3, -0.25) is 0 Å². The number of hydrogen-bond donors (Lipinski definition) is 0. The highest BCUT2D eigenvalue weighted by atomic mass is 32.1. The van der Waals surface area contributed by atoms with E-state index in [0.29, 0.717) is 6.61 Å². The molecule has 0 N–H and O–H groups in total. The summed E-state index contributed by atoms with van der Waals surface area (Å²) in [6, 6.07) is 13.8. The quantitative estimate of drug-likeness (QED) is 0.492. The molecule has 6 nitrogen and oxygen atoms in total. The van der Waals surface area contributed by atoms with Gasteiger partial charge in [-0.15, -0.1) is 11.3 Å². The van der Waals surface area contributed by atoms with Crippen molar-refractivity contribution in [2.75, 3.05) is 27.4 Å². The van der Waals surface area contributed by atoms with E-state index in [1.165, 1.54) is 0 Å². The average molecular weight is 441 g/mol. The number of nitrogens with zero attached hydrogens (tertiary/aromatic N) is 2. The molecule has 164 valence electrons. The van der Waals surface area contributed by atoms with Gasteiger partial charge in [0.05, 0.1) is 44.9 Å². The minimum absolute atomic E-state index is 0.192. The van der Waals surface area contributed by atoms with Gasteiger partial charge in [-0.1, -0.05) is 0 Å². The van der Waals surface area contributed by atoms with Gasteiger partial charge in [0.25, 0.3) is 0 Å². The minimum Gasteiger partial charge on any atom is -0.497 e. The first-order chi connectivity index (χ1) is 15.2. The van der Waals surface area contributed by atoms with Gasteiger partial charge in [0, 0.05) is 23.6 Å². The normalized spacial score (nSPS) is 16.5. The molecule has 0 spiro atoms. The van der Waals surface area contributed by atoms with Crippen LogP contribution in [0, 0.1) is 0 Å². The Hall–Kier alpha value is -2.77. The summed E-state index contributed by atoms with van der Waals surface area (Å²) in [5.41, 5.74) is 2.95. The molecular weight excluding hydrogens is 412 g/mol. The van der Waals surface area contributed by atoms with E-state index < -0.39 is 0 Å². The molecule has 2 aromatic carbocycles. The van der Waals surface area contributed by atoms with Crippen molar-refractivity contribution < 1.29 is 18.9 Å². The van der Waals surface area contributed by atoms with E-state index in [2.05, 4.69) is 9.95 Å². The van der Waals surface area contributed by atoms with Crippen molar-refractivity contribution in [2.45, 2.75) is 32.4 Å². The van der Waals surface area contributed by atoms with Crippen LogP contribution in [0.2, 0.25) is 0 Å². The van der Waals surface area contributed by atoms with Crippen LogP contribution in [0.4, 0.5) is 5.69 Å². The maximum absolute atomic E-state index is 5.93. The second-order valence-electron chi connectivity index (χ2n) is 7.25. The van der Waals surface area contributed by atoms with E-state index in [1.807, 2.05) is 49.4 Å². The molecule has 0 saturated carbocycles. The van der Waals surface area contributed by atoms with Crippen LogP contribution in [-0.2, 0) is 11.3 Å². The van der Waals surface area contributed by atoms with Gasteiger partial charge in [-0.25, -0.2) is 4.99 Å². The number of ether oxygens (including phenoxy) is 4. The molecular formula is C24H28N2O4S. The third-order valence-electron chi connectivity index (χ3n) is 5.26. The lowest BCUT2D eigenvalue weighted by atomic mass is 10.1. The molecule has 1 aromatic heterocycles. The minimum atomic E-state index is 0.192. The summed E-state index contributed by atoms with van der Waals surface area (Å²) in [5.74, 6) is 2.38. The second-order valence-corrected chi connectivity index (χ2v) is 8.09. The molecule has 1 unspecified atom stereocenters. The van der Waals surface area contributed by atoms with Gasteiger partial charge in [-0.05, 0) is 56.2 Å². The van der Waals surface area contributed by atoms with Gasteiger partial charge in [0.15, 0.2) is 4.80 Å². The monoisotopic (exact) mass is 440 g/mol. The summed E-state index contributed by atoms with van der Waals surface area (Å²) in [6.45, 7) is 4.20. The second kappa shape index (κ2) is 10.0. The zero-order valence-electron chi connectivity index (χ0n) is 18.2. The largest absolute Gasteiger partial charge is 0.497 e. The summed E-state index contributed by atoms with van der Waals surface area (Å²) in [6.07, 6.45) is 2.35. The summed E-state index contributed by atoms with van der Waals surface area (Å²) in [7, 11) is 3.34. The average Bonchev–Trinajstić information content (AvgIpc) is 3.45. The molecule has 1 atom stereocenters. The van der Waals surface area contributed by atoms with Crippen molar-refractivity contribution in [2.24, 2.45) is 4.99 Å². The zero-order valence-corrected chi connectivity index (χ0v) is 19.0. The lowest BCUT2D eigenvalue weighted by Crippen LogP contribution is -2.24. The molecule has 1 fully saturated rings. The molecule has 4 rings (SSSR count). The SMILES string of the molecule is CCOc1ccc(N=c2scc(-c3ccc(OC)cc3OC)n2CC2CCCO2)cc1. The Morgan fingerprint density at radius 2 is 1.90 bits per heavy atom. The maximum Gasteiger partial charge on any atom is 0.190 e. The van der Waals surface area contributed by atoms with Gasteiger partial charge in [0.2, 0.25) is 0 Å². The van der Waals surface area contributed by atoms with Crippen molar-refractivity contribution in [3.05, 3.63) is 52.6 Å². The van der Waals surface area contributed by atoms with Gasteiger partial charge in [0.1, 0.15) is 17.2 Å². The Kier molecular flexibility index (Phi) is 6.94. The molecule has 1 saturated heterocycles. The van der Waals surface area contributed by atoms with Crippen LogP contribution in [0.3, 0.4) is 0 Å². The highest BCUT2D eigenvalue weighted by Crippen LogP contribution is 2.34. The Balaban J connectivity index is 1.77. The molecule has 1 aliphatic rings. The van der Waals surface area contributed by atoms with Crippen LogP contribution in [0.15, 0.2) is 52.8 Å². The van der Waals surface area contributed by atoms with Crippen molar-refractivity contribution in [3.63, 3.8) is 0 Å². The Bertz CT molecular complexity index is 1070. The van der Waals surface area contributed by atoms with E-state index in [9.17, 15) is 0 Å². The predicted molar refractivity (Wildman–Crippen MR) is 123 cm³/mol. The zero-order chi connectivity index (χ0) is 21.6. The molecule has 7 heteroatoms. The fourth-order valence-corrected chi connectivity index (χ4v) is 4.64. The Morgan fingerprint density at radius 1 is 1.10 bits per heavy atom. The third-order valence-corrected chi connectivity index (χ3v) is 6.13. The number of rotatable bonds is 8. The van der Waals surface area contributed by atoms with Crippen molar-refractivity contribution in [1.82, 2.24) is 4.57 Å². The highest BCUT2D eigenvalue weighted by molar-refractivity contribution is 7.07. The first-order valence-electron chi connectivity index (χ1n) is 10.5. The van der Waals surface area contributed by atoms with E-state index in [0.717, 1.165) is 65.0 Å². The van der Waals surface area contributed by atoms with E-state index in [4.69, 9.17) is 23.9 Å². The molecule has 2 heterocycles. The topological polar surface area (TPSA) is 54.2 Å². The van der Waals surface area contributed by atoms with E-state index in [-0.39, 0.29) is 6.10 Å². The first-order valence-corrected chi connectivity index (χ1v) is 11.4. The fourth-order valence-electron chi connectivity index (χ4n) is 3.71. The lowest BCUT2D eigenvalue weighted by molar-refractivity contribution is 0.0968. The number of benzene rings is 2. The molecule has 0 radical (unpaired) electrons. The lowest BCUT2D eigenvalue weighted by Gasteiger charge is -2.16. The van der Waals surface area contributed by atoms with E-state index >= 15 is 0 Å². The summed E-state index contributed by atoms with van der Waals surface area (Å²) in [4.78, 5) is 5.85. The van der Waals surface area contributed by atoms with Crippen LogP contribution in [0.25, 0.3) is 11.3 Å². The van der Waals surface area contributed by atoms with E-state index in [1.54, 1.807) is 25.6 Å². The van der Waals surface area contributed by atoms with Gasteiger partial charge in [-0.2, -0.15) is 0 Å². The smallest absolute Gasteiger partial charge is 0.190 e. The highest BCUT2D eigenvalue weighted by Gasteiger charge is 2.20. The van der Waals surface area contributed by atoms with Crippen molar-refractivity contribution >= 4 is 17.0 Å². The third kappa shape index (κ3) is 4.94. The number of hydrogen-bond acceptors (Lipinski definition) is 6. The molecule has 1 aliphatic heterocycles. The van der Waals surface area contributed by atoms with Crippen molar-refractivity contribution in [1.29, 1.82) is 0 Å². The van der Waals surface area contributed by atoms with Gasteiger partial charge >= 0.3 is 0 Å². The predicted octanol–water partition coefficient (Wildman–Crippen LogP) is 5.04. The van der Waals surface area contributed by atoms with Crippen LogP contribution in [0.5, 0.6) is 17.2 Å². The van der Waals surface area contributed by atoms with Crippen LogP contribution < -0.4 is 19.0 Å². The molecule has 0 aliphatic carbocycles. The summed E-state index contributed by atoms with van der Waals surface area (Å²) in [5, 5.41) is 2.13. The standard InChI is InChI=1S/C24H28N2O4S/c1-4-29-18-9-7-17(8-10-18)25-24-26(15-20-6-5-13-30-20)22(16-31-24)21-12-11-19(27-2)14-23(21)28-3/h7-12,14,16,20H,4-6,13,15H2,1-3H3. The Morgan fingerprint density at radius 3 is 2.58 bits per heavy atom.